The lowest BCUT2D eigenvalue weighted by atomic mass is 9.48. The van der Waals surface area contributed by atoms with Crippen molar-refractivity contribution in [3.63, 3.8) is 0 Å². The number of nitrogens with zero attached hydrogens (tertiary/aromatic N) is 5. The largest absolute Gasteiger partial charge is 0.434 e. The summed E-state index contributed by atoms with van der Waals surface area (Å²) in [5, 5.41) is 19.2. The highest BCUT2D eigenvalue weighted by molar-refractivity contribution is 6.60. The molecule has 2 bridgehead atoms. The number of carbonyl (C=O) groups excluding carboxylic acids is 1. The molecule has 7 rings (SSSR count). The molecule has 4 heterocycles. The number of imidazole rings is 1. The van der Waals surface area contributed by atoms with Crippen molar-refractivity contribution in [3.8, 4) is 16.9 Å². The summed E-state index contributed by atoms with van der Waals surface area (Å²) in [4.78, 5) is 28.4. The summed E-state index contributed by atoms with van der Waals surface area (Å²) in [5.74, 6) is -0.0539. The number of amides is 1. The van der Waals surface area contributed by atoms with Crippen LogP contribution < -0.4 is 4.74 Å². The first-order chi connectivity index (χ1) is 20.3. The number of aromatic nitrogens is 4. The molecule has 9 nitrogen and oxygen atoms in total. The average molecular weight is 577 g/mol. The van der Waals surface area contributed by atoms with E-state index >= 15 is 0 Å². The van der Waals surface area contributed by atoms with E-state index in [9.17, 15) is 23.8 Å². The van der Waals surface area contributed by atoms with Gasteiger partial charge in [0.25, 0.3) is 5.91 Å². The summed E-state index contributed by atoms with van der Waals surface area (Å²) < 4.78 is 33.7. The molecule has 212 valence electrons. The third-order valence-corrected chi connectivity index (χ3v) is 8.87. The van der Waals surface area contributed by atoms with Gasteiger partial charge >= 0.3 is 6.61 Å². The smallest absolute Gasteiger partial charge is 0.387 e. The Morgan fingerprint density at radius 2 is 1.81 bits per heavy atom. The summed E-state index contributed by atoms with van der Waals surface area (Å²) in [6, 6.07) is 8.50. The minimum Gasteiger partial charge on any atom is -0.434 e. The van der Waals surface area contributed by atoms with Gasteiger partial charge in [-0.3, -0.25) is 4.79 Å². The Morgan fingerprint density at radius 1 is 1.09 bits per heavy atom. The highest BCUT2D eigenvalue weighted by Gasteiger charge is 2.54. The number of aliphatic hydroxyl groups is 2. The molecule has 4 aromatic rings. The van der Waals surface area contributed by atoms with Crippen LogP contribution >= 0.6 is 0 Å². The number of hydrogen-bond acceptors (Lipinski definition) is 7. The molecule has 0 spiro atoms. The fourth-order valence-corrected chi connectivity index (χ4v) is 6.90. The highest BCUT2D eigenvalue weighted by Crippen LogP contribution is 2.52. The second kappa shape index (κ2) is 9.37. The van der Waals surface area contributed by atoms with E-state index in [1.54, 1.807) is 18.5 Å². The lowest BCUT2D eigenvalue weighted by molar-refractivity contribution is -0.190. The normalized spacial score (nSPS) is 26.3. The van der Waals surface area contributed by atoms with Crippen molar-refractivity contribution >= 4 is 40.5 Å². The van der Waals surface area contributed by atoms with E-state index in [0.717, 1.165) is 10.5 Å². The maximum atomic E-state index is 13.7. The van der Waals surface area contributed by atoms with Gasteiger partial charge in [-0.15, -0.1) is 0 Å². The van der Waals surface area contributed by atoms with Crippen molar-refractivity contribution in [2.24, 2.45) is 0 Å². The number of rotatable bonds is 6. The molecule has 1 fully saturated rings. The van der Waals surface area contributed by atoms with Crippen LogP contribution in [0.1, 0.15) is 72.3 Å². The van der Waals surface area contributed by atoms with Crippen LogP contribution in [0, 0.1) is 0 Å². The average Bonchev–Trinajstić information content (AvgIpc) is 3.44. The monoisotopic (exact) mass is 577 g/mol. The topological polar surface area (TPSA) is 114 Å². The second-order valence-electron chi connectivity index (χ2n) is 11.7. The third-order valence-electron chi connectivity index (χ3n) is 8.87. The molecule has 2 aliphatic heterocycles. The van der Waals surface area contributed by atoms with E-state index < -0.39 is 41.0 Å². The van der Waals surface area contributed by atoms with Crippen LogP contribution in [0.15, 0.2) is 48.8 Å². The van der Waals surface area contributed by atoms with Gasteiger partial charge in [-0.05, 0) is 36.2 Å². The molecular weight excluding hydrogens is 553 g/mol. The van der Waals surface area contributed by atoms with E-state index in [0.29, 0.717) is 28.8 Å². The van der Waals surface area contributed by atoms with Gasteiger partial charge in [-0.25, -0.2) is 15.0 Å². The van der Waals surface area contributed by atoms with Gasteiger partial charge in [0.15, 0.2) is 5.82 Å². The molecule has 1 amide bonds. The molecule has 3 aliphatic rings. The quantitative estimate of drug-likeness (QED) is 0.339. The number of alkyl halides is 2. The molecule has 43 heavy (non-hydrogen) atoms. The predicted octanol–water partition coefficient (Wildman–Crippen LogP) is 2.82. The van der Waals surface area contributed by atoms with Crippen LogP contribution in [-0.4, -0.2) is 81.5 Å². The number of benzene rings is 2. The Bertz CT molecular complexity index is 1770. The number of halogens is 2. The maximum absolute atomic E-state index is 13.7. The lowest BCUT2D eigenvalue weighted by Gasteiger charge is -2.48. The Labute approximate surface area is 249 Å². The third kappa shape index (κ3) is 4.29. The zero-order chi connectivity index (χ0) is 30.5. The summed E-state index contributed by atoms with van der Waals surface area (Å²) in [6.07, 6.45) is 4.30. The minimum absolute atomic E-state index is 0.105. The van der Waals surface area contributed by atoms with Crippen molar-refractivity contribution < 1.29 is 28.5 Å². The van der Waals surface area contributed by atoms with E-state index in [1.807, 2.05) is 23.6 Å². The summed E-state index contributed by atoms with van der Waals surface area (Å²) in [5.41, 5.74) is 0.826. The lowest BCUT2D eigenvalue weighted by Crippen LogP contribution is -2.55. The second-order valence-corrected chi connectivity index (χ2v) is 11.7. The molecule has 0 unspecified atom stereocenters. The standard InChI is InChI=1S/C29H24B3F2N5O4/c1-2-27(41)12-28(42,13-27)25-35-10-15(11-36-25)14-6-7-17-18(8-14)38-19-9-20(23(38)37-17)39(29(30,31)32)24(40)16-4-3-5-21(22(16)19)43-26(33)34/h3-8,10-11,19-20,26,41-42H,2,9,12-13H2,1H3/t19-,20-,27?,28?/m1/s1. The molecule has 14 heteroatoms. The fraction of sp³-hybridized carbons (Fsp3) is 0.379. The Morgan fingerprint density at radius 3 is 2.47 bits per heavy atom. The summed E-state index contributed by atoms with van der Waals surface area (Å²) in [6.45, 7) is -1.25. The Balaban J connectivity index is 1.34. The number of fused-ring (bicyclic) bond motifs is 9. The molecule has 1 saturated carbocycles. The van der Waals surface area contributed by atoms with E-state index in [2.05, 4.69) is 9.97 Å². The van der Waals surface area contributed by atoms with Crippen LogP contribution in [0.2, 0.25) is 0 Å². The van der Waals surface area contributed by atoms with Gasteiger partial charge in [-0.1, -0.05) is 24.3 Å². The highest BCUT2D eigenvalue weighted by atomic mass is 19.3. The number of hydrogen-bond donors (Lipinski definition) is 2. The first-order valence-corrected chi connectivity index (χ1v) is 13.9. The van der Waals surface area contributed by atoms with Gasteiger partial charge in [0.1, 0.15) is 17.2 Å². The maximum Gasteiger partial charge on any atom is 0.387 e. The van der Waals surface area contributed by atoms with E-state index in [-0.39, 0.29) is 42.0 Å². The SMILES string of the molecule is [B]C([B])([B])N1C(=O)c2cccc(OC(F)F)c2[C@H]2C[C@@H]1c1nc3ccc(-c4cnc(C5(O)CC(O)(CC)C5)nc4)cc3n12. The van der Waals surface area contributed by atoms with Crippen LogP contribution in [0.25, 0.3) is 22.2 Å². The number of carbonyl (C=O) groups is 1. The fourth-order valence-electron chi connectivity index (χ4n) is 6.90. The van der Waals surface area contributed by atoms with Crippen molar-refractivity contribution in [2.75, 3.05) is 0 Å². The Kier molecular flexibility index (Phi) is 6.11. The van der Waals surface area contributed by atoms with Gasteiger partial charge in [0.05, 0.1) is 52.3 Å². The van der Waals surface area contributed by atoms with Crippen molar-refractivity contribution in [3.05, 3.63) is 71.6 Å². The molecule has 1 aliphatic carbocycles. The Hall–Kier alpha value is -3.77. The predicted molar refractivity (Wildman–Crippen MR) is 154 cm³/mol. The van der Waals surface area contributed by atoms with E-state index in [4.69, 9.17) is 33.3 Å². The molecule has 2 aromatic carbocycles. The first kappa shape index (κ1) is 28.0. The van der Waals surface area contributed by atoms with Crippen molar-refractivity contribution in [1.29, 1.82) is 0 Å². The first-order valence-electron chi connectivity index (χ1n) is 13.9. The summed E-state index contributed by atoms with van der Waals surface area (Å²) in [7, 11) is 18.3. The summed E-state index contributed by atoms with van der Waals surface area (Å²) >= 11 is 0. The van der Waals surface area contributed by atoms with E-state index in [1.165, 1.54) is 18.2 Å². The molecule has 2 aromatic heterocycles. The molecule has 2 N–H and O–H groups in total. The van der Waals surface area contributed by atoms with Gasteiger partial charge in [-0.2, -0.15) is 8.78 Å². The van der Waals surface area contributed by atoms with Crippen LogP contribution in [0.4, 0.5) is 8.78 Å². The molecular formula is C29H24B3F2N5O4. The van der Waals surface area contributed by atoms with Crippen LogP contribution in [-0.2, 0) is 5.60 Å². The number of ether oxygens (including phenoxy) is 1. The van der Waals surface area contributed by atoms with Gasteiger partial charge in [0, 0.05) is 48.3 Å². The van der Waals surface area contributed by atoms with Crippen LogP contribution in [0.3, 0.4) is 0 Å². The minimum atomic E-state index is -3.11. The van der Waals surface area contributed by atoms with Crippen LogP contribution in [0.5, 0.6) is 5.75 Å². The van der Waals surface area contributed by atoms with Crippen molar-refractivity contribution in [1.82, 2.24) is 24.4 Å². The molecule has 0 saturated heterocycles. The molecule has 6 radical (unpaired) electrons. The zero-order valence-corrected chi connectivity index (χ0v) is 23.1. The van der Waals surface area contributed by atoms with Crippen molar-refractivity contribution in [2.45, 2.75) is 67.7 Å². The van der Waals surface area contributed by atoms with Gasteiger partial charge < -0.3 is 24.4 Å². The zero-order valence-electron chi connectivity index (χ0n) is 23.1. The molecule has 2 atom stereocenters. The van der Waals surface area contributed by atoms with Gasteiger partial charge in [0.2, 0.25) is 0 Å².